The highest BCUT2D eigenvalue weighted by Crippen LogP contribution is 2.25. The molecule has 0 saturated carbocycles. The van der Waals surface area contributed by atoms with Gasteiger partial charge in [-0.05, 0) is 67.5 Å². The lowest BCUT2D eigenvalue weighted by Crippen LogP contribution is -2.44. The minimum Gasteiger partial charge on any atom is -0.349 e. The summed E-state index contributed by atoms with van der Waals surface area (Å²) in [6, 6.07) is 11.7. The molecule has 1 fully saturated rings. The molecule has 3 rings (SSSR count). The molecule has 1 saturated heterocycles. The van der Waals surface area contributed by atoms with E-state index in [1.807, 2.05) is 6.92 Å². The van der Waals surface area contributed by atoms with Crippen molar-refractivity contribution in [2.24, 2.45) is 5.92 Å². The van der Waals surface area contributed by atoms with Crippen molar-refractivity contribution in [2.75, 3.05) is 13.1 Å². The highest BCUT2D eigenvalue weighted by atomic mass is 32.2. The van der Waals surface area contributed by atoms with Crippen molar-refractivity contribution >= 4 is 15.9 Å². The van der Waals surface area contributed by atoms with E-state index in [0.717, 1.165) is 12.0 Å². The number of sulfonamides is 1. The molecule has 1 aliphatic heterocycles. The van der Waals surface area contributed by atoms with Gasteiger partial charge in [-0.1, -0.05) is 37.3 Å². The molecule has 0 bridgehead atoms. The van der Waals surface area contributed by atoms with Gasteiger partial charge >= 0.3 is 0 Å². The third-order valence-corrected chi connectivity index (χ3v) is 7.99. The van der Waals surface area contributed by atoms with Crippen molar-refractivity contribution in [1.82, 2.24) is 9.62 Å². The molecule has 0 aliphatic carbocycles. The zero-order chi connectivity index (χ0) is 22.6. The molecular weight excluding hydrogens is 415 g/mol. The Labute approximate surface area is 184 Å². The zero-order valence-electron chi connectivity index (χ0n) is 18.4. The normalized spacial score (nSPS) is 16.8. The van der Waals surface area contributed by atoms with Crippen LogP contribution >= 0.6 is 0 Å². The number of hydrogen-bond donors (Lipinski definition) is 1. The summed E-state index contributed by atoms with van der Waals surface area (Å²) in [6.45, 7) is 6.82. The standard InChI is InChI=1S/C24H31FN2O3S/c1-4-23(21-8-5-17(2)18(3)15-21)26-24(28)20-11-13-27(14-12-20)31(29,30)16-19-6-9-22(25)10-7-19/h5-10,15,20,23H,4,11-14,16H2,1-3H3,(H,26,28)/t23-/m1/s1. The van der Waals surface area contributed by atoms with Crippen LogP contribution < -0.4 is 5.32 Å². The van der Waals surface area contributed by atoms with Crippen molar-refractivity contribution in [1.29, 1.82) is 0 Å². The average molecular weight is 447 g/mol. The van der Waals surface area contributed by atoms with Crippen molar-refractivity contribution < 1.29 is 17.6 Å². The highest BCUT2D eigenvalue weighted by molar-refractivity contribution is 7.88. The third-order valence-electron chi connectivity index (χ3n) is 6.14. The fourth-order valence-electron chi connectivity index (χ4n) is 3.97. The molecule has 2 aromatic carbocycles. The summed E-state index contributed by atoms with van der Waals surface area (Å²) in [5.74, 6) is -0.757. The van der Waals surface area contributed by atoms with Crippen LogP contribution in [0.1, 0.15) is 54.5 Å². The molecule has 0 spiro atoms. The molecule has 0 unspecified atom stereocenters. The van der Waals surface area contributed by atoms with E-state index in [-0.39, 0.29) is 29.4 Å². The molecule has 0 aromatic heterocycles. The van der Waals surface area contributed by atoms with Gasteiger partial charge < -0.3 is 5.32 Å². The van der Waals surface area contributed by atoms with E-state index in [1.54, 1.807) is 0 Å². The van der Waals surface area contributed by atoms with E-state index in [2.05, 4.69) is 37.4 Å². The van der Waals surface area contributed by atoms with E-state index in [9.17, 15) is 17.6 Å². The predicted octanol–water partition coefficient (Wildman–Crippen LogP) is 4.25. The summed E-state index contributed by atoms with van der Waals surface area (Å²) >= 11 is 0. The Morgan fingerprint density at radius 3 is 2.32 bits per heavy atom. The molecule has 2 aromatic rings. The van der Waals surface area contributed by atoms with Gasteiger partial charge in [0.2, 0.25) is 15.9 Å². The van der Waals surface area contributed by atoms with Crippen LogP contribution in [0.5, 0.6) is 0 Å². The molecule has 5 nitrogen and oxygen atoms in total. The van der Waals surface area contributed by atoms with E-state index >= 15 is 0 Å². The van der Waals surface area contributed by atoms with Crippen LogP contribution in [0, 0.1) is 25.6 Å². The van der Waals surface area contributed by atoms with Gasteiger partial charge in [-0.2, -0.15) is 0 Å². The molecule has 1 N–H and O–H groups in total. The Balaban J connectivity index is 1.57. The Kier molecular flexibility index (Phi) is 7.49. The summed E-state index contributed by atoms with van der Waals surface area (Å²) in [7, 11) is -3.50. The molecule has 0 radical (unpaired) electrons. The van der Waals surface area contributed by atoms with Crippen molar-refractivity contribution in [3.63, 3.8) is 0 Å². The number of carbonyl (C=O) groups is 1. The average Bonchev–Trinajstić information content (AvgIpc) is 2.75. The topological polar surface area (TPSA) is 66.5 Å². The summed E-state index contributed by atoms with van der Waals surface area (Å²) in [4.78, 5) is 12.9. The number of amides is 1. The van der Waals surface area contributed by atoms with Gasteiger partial charge in [0.15, 0.2) is 0 Å². The van der Waals surface area contributed by atoms with Gasteiger partial charge in [0.25, 0.3) is 0 Å². The van der Waals surface area contributed by atoms with E-state index in [0.29, 0.717) is 31.5 Å². The minimum atomic E-state index is -3.50. The lowest BCUT2D eigenvalue weighted by Gasteiger charge is -2.31. The maximum Gasteiger partial charge on any atom is 0.223 e. The number of piperidine rings is 1. The van der Waals surface area contributed by atoms with Gasteiger partial charge in [-0.25, -0.2) is 17.1 Å². The number of nitrogens with one attached hydrogen (secondary N) is 1. The fourth-order valence-corrected chi connectivity index (χ4v) is 5.53. The van der Waals surface area contributed by atoms with E-state index < -0.39 is 10.0 Å². The summed E-state index contributed by atoms with van der Waals surface area (Å²) < 4.78 is 39.9. The smallest absolute Gasteiger partial charge is 0.223 e. The van der Waals surface area contributed by atoms with Crippen LogP contribution in [0.25, 0.3) is 0 Å². The van der Waals surface area contributed by atoms with Crippen molar-refractivity contribution in [3.05, 3.63) is 70.5 Å². The van der Waals surface area contributed by atoms with Gasteiger partial charge in [-0.3, -0.25) is 4.79 Å². The van der Waals surface area contributed by atoms with E-state index in [1.165, 1.54) is 39.7 Å². The molecule has 168 valence electrons. The number of aryl methyl sites for hydroxylation is 2. The van der Waals surface area contributed by atoms with Crippen LogP contribution in [-0.4, -0.2) is 31.7 Å². The molecule has 7 heteroatoms. The Hall–Kier alpha value is -2.25. The monoisotopic (exact) mass is 446 g/mol. The molecule has 1 amide bonds. The number of carbonyl (C=O) groups excluding carboxylic acids is 1. The largest absolute Gasteiger partial charge is 0.349 e. The summed E-state index contributed by atoms with van der Waals surface area (Å²) in [6.07, 6.45) is 1.79. The Morgan fingerprint density at radius 2 is 1.74 bits per heavy atom. The number of nitrogens with zero attached hydrogens (tertiary/aromatic N) is 1. The maximum absolute atomic E-state index is 13.1. The lowest BCUT2D eigenvalue weighted by molar-refractivity contribution is -0.126. The molecule has 31 heavy (non-hydrogen) atoms. The maximum atomic E-state index is 13.1. The highest BCUT2D eigenvalue weighted by Gasteiger charge is 2.32. The zero-order valence-corrected chi connectivity index (χ0v) is 19.2. The third kappa shape index (κ3) is 5.92. The van der Waals surface area contributed by atoms with E-state index in [4.69, 9.17) is 0 Å². The first kappa shape index (κ1) is 23.4. The number of hydrogen-bond acceptors (Lipinski definition) is 3. The lowest BCUT2D eigenvalue weighted by atomic mass is 9.95. The Morgan fingerprint density at radius 1 is 1.10 bits per heavy atom. The first-order chi connectivity index (χ1) is 14.7. The first-order valence-electron chi connectivity index (χ1n) is 10.8. The second-order valence-corrected chi connectivity index (χ2v) is 10.3. The van der Waals surface area contributed by atoms with Gasteiger partial charge in [0.05, 0.1) is 11.8 Å². The second kappa shape index (κ2) is 9.92. The van der Waals surface area contributed by atoms with Crippen LogP contribution in [0.2, 0.25) is 0 Å². The predicted molar refractivity (Wildman–Crippen MR) is 120 cm³/mol. The quantitative estimate of drug-likeness (QED) is 0.691. The first-order valence-corrected chi connectivity index (χ1v) is 12.4. The van der Waals surface area contributed by atoms with Crippen LogP contribution in [0.3, 0.4) is 0 Å². The molecular formula is C24H31FN2O3S. The molecule has 1 aliphatic rings. The van der Waals surface area contributed by atoms with Crippen molar-refractivity contribution in [3.8, 4) is 0 Å². The summed E-state index contributed by atoms with van der Waals surface area (Å²) in [5.41, 5.74) is 4.07. The van der Waals surface area contributed by atoms with Crippen LogP contribution in [0.15, 0.2) is 42.5 Å². The van der Waals surface area contributed by atoms with Gasteiger partial charge in [-0.15, -0.1) is 0 Å². The van der Waals surface area contributed by atoms with Crippen LogP contribution in [0.4, 0.5) is 4.39 Å². The molecule has 1 heterocycles. The van der Waals surface area contributed by atoms with Crippen molar-refractivity contribution in [2.45, 2.75) is 51.8 Å². The van der Waals surface area contributed by atoms with Crippen LogP contribution in [-0.2, 0) is 20.6 Å². The molecule has 1 atom stereocenters. The SMILES string of the molecule is CC[C@@H](NC(=O)C1CCN(S(=O)(=O)Cc2ccc(F)cc2)CC1)c1ccc(C)c(C)c1. The number of benzene rings is 2. The Bertz CT molecular complexity index is 1010. The fraction of sp³-hybridized carbons (Fsp3) is 0.458. The second-order valence-electron chi connectivity index (χ2n) is 8.37. The number of rotatable bonds is 7. The van der Waals surface area contributed by atoms with Gasteiger partial charge in [0, 0.05) is 19.0 Å². The summed E-state index contributed by atoms with van der Waals surface area (Å²) in [5, 5.41) is 3.16. The number of halogens is 1. The minimum absolute atomic E-state index is 0.0133. The van der Waals surface area contributed by atoms with Gasteiger partial charge in [0.1, 0.15) is 5.82 Å².